The number of hydrogen-bond donors (Lipinski definition) is 1. The minimum atomic E-state index is -0.162. The van der Waals surface area contributed by atoms with Crippen molar-refractivity contribution in [2.75, 3.05) is 5.32 Å². The summed E-state index contributed by atoms with van der Waals surface area (Å²) in [4.78, 5) is 12.6. The maximum atomic E-state index is 5.99. The summed E-state index contributed by atoms with van der Waals surface area (Å²) >= 11 is 5.99. The van der Waals surface area contributed by atoms with Gasteiger partial charge in [-0.05, 0) is 43.4 Å². The Labute approximate surface area is 130 Å². The highest BCUT2D eigenvalue weighted by Crippen LogP contribution is 2.29. The van der Waals surface area contributed by atoms with Crippen LogP contribution >= 0.6 is 11.6 Å². The van der Waals surface area contributed by atoms with E-state index in [0.29, 0.717) is 11.9 Å². The molecule has 2 aromatic heterocycles. The van der Waals surface area contributed by atoms with E-state index in [-0.39, 0.29) is 16.2 Å². The van der Waals surface area contributed by atoms with Gasteiger partial charge in [-0.3, -0.25) is 0 Å². The fraction of sp³-hybridized carbons (Fsp3) is 0.571. The second-order valence-corrected chi connectivity index (χ2v) is 7.26. The molecule has 0 aliphatic rings. The van der Waals surface area contributed by atoms with Gasteiger partial charge in [-0.2, -0.15) is 20.1 Å². The van der Waals surface area contributed by atoms with Crippen LogP contribution in [0.25, 0.3) is 5.95 Å². The van der Waals surface area contributed by atoms with E-state index in [1.165, 1.54) is 0 Å². The minimum absolute atomic E-state index is 0.143. The Morgan fingerprint density at radius 1 is 1.14 bits per heavy atom. The third kappa shape index (κ3) is 4.67. The van der Waals surface area contributed by atoms with Crippen molar-refractivity contribution in [1.29, 1.82) is 0 Å². The zero-order valence-corrected chi connectivity index (χ0v) is 13.8. The number of aromatic nitrogens is 5. The van der Waals surface area contributed by atoms with Gasteiger partial charge in [0.1, 0.15) is 0 Å². The summed E-state index contributed by atoms with van der Waals surface area (Å²) in [6.07, 6.45) is 4.38. The second kappa shape index (κ2) is 5.60. The molecule has 0 spiro atoms. The second-order valence-electron chi connectivity index (χ2n) is 6.93. The van der Waals surface area contributed by atoms with Gasteiger partial charge in [-0.15, -0.1) is 0 Å². The zero-order valence-electron chi connectivity index (χ0n) is 13.1. The average Bonchev–Trinajstić information content (AvgIpc) is 2.76. The Hall–Kier alpha value is -1.69. The van der Waals surface area contributed by atoms with Crippen LogP contribution in [0, 0.1) is 5.41 Å². The van der Waals surface area contributed by atoms with Crippen LogP contribution < -0.4 is 5.32 Å². The maximum Gasteiger partial charge on any atom is 0.256 e. The van der Waals surface area contributed by atoms with Crippen molar-refractivity contribution in [3.05, 3.63) is 23.7 Å². The van der Waals surface area contributed by atoms with Crippen LogP contribution in [0.5, 0.6) is 0 Å². The molecule has 0 bridgehead atoms. The monoisotopic (exact) mass is 308 g/mol. The molecule has 0 atom stereocenters. The van der Waals surface area contributed by atoms with Crippen LogP contribution in [0.3, 0.4) is 0 Å². The fourth-order valence-corrected chi connectivity index (χ4v) is 2.71. The van der Waals surface area contributed by atoms with E-state index < -0.39 is 0 Å². The van der Waals surface area contributed by atoms with E-state index in [1.807, 2.05) is 0 Å². The first-order valence-corrected chi connectivity index (χ1v) is 7.22. The lowest BCUT2D eigenvalue weighted by atomic mass is 9.82. The van der Waals surface area contributed by atoms with Crippen LogP contribution in [-0.2, 0) is 0 Å². The molecule has 114 valence electrons. The summed E-state index contributed by atoms with van der Waals surface area (Å²) in [7, 11) is 0. The van der Waals surface area contributed by atoms with Gasteiger partial charge >= 0.3 is 0 Å². The third-order valence-electron chi connectivity index (χ3n) is 2.73. The normalized spacial score (nSPS) is 12.5. The van der Waals surface area contributed by atoms with Crippen LogP contribution in [-0.4, -0.2) is 30.3 Å². The minimum Gasteiger partial charge on any atom is -0.349 e. The molecule has 0 saturated carbocycles. The quantitative estimate of drug-likeness (QED) is 0.938. The van der Waals surface area contributed by atoms with Crippen molar-refractivity contribution >= 4 is 17.5 Å². The molecule has 2 rings (SSSR count). The molecule has 1 N–H and O–H groups in total. The van der Waals surface area contributed by atoms with Gasteiger partial charge in [0.15, 0.2) is 0 Å². The zero-order chi connectivity index (χ0) is 15.7. The SMILES string of the molecule is CC(C)(C)CC(C)(C)Nc1nc(Cl)nc(-n2cccn2)n1. The van der Waals surface area contributed by atoms with Crippen molar-refractivity contribution in [1.82, 2.24) is 24.7 Å². The molecule has 21 heavy (non-hydrogen) atoms. The first kappa shape index (κ1) is 15.7. The number of anilines is 1. The molecule has 0 unspecified atom stereocenters. The van der Waals surface area contributed by atoms with Crippen molar-refractivity contribution < 1.29 is 0 Å². The van der Waals surface area contributed by atoms with E-state index >= 15 is 0 Å². The maximum absolute atomic E-state index is 5.99. The lowest BCUT2D eigenvalue weighted by Crippen LogP contribution is -2.36. The topological polar surface area (TPSA) is 68.5 Å². The highest BCUT2D eigenvalue weighted by molar-refractivity contribution is 6.28. The summed E-state index contributed by atoms with van der Waals surface area (Å²) in [6, 6.07) is 1.80. The molecular formula is C14H21ClN6. The Morgan fingerprint density at radius 2 is 1.86 bits per heavy atom. The highest BCUT2D eigenvalue weighted by atomic mass is 35.5. The van der Waals surface area contributed by atoms with E-state index in [2.05, 4.69) is 60.0 Å². The molecule has 0 radical (unpaired) electrons. The van der Waals surface area contributed by atoms with E-state index in [1.54, 1.807) is 23.1 Å². The van der Waals surface area contributed by atoms with Gasteiger partial charge in [0.2, 0.25) is 11.2 Å². The third-order valence-corrected chi connectivity index (χ3v) is 2.90. The first-order chi connectivity index (χ1) is 9.65. The largest absolute Gasteiger partial charge is 0.349 e. The van der Waals surface area contributed by atoms with Crippen molar-refractivity contribution in [3.63, 3.8) is 0 Å². The van der Waals surface area contributed by atoms with Gasteiger partial charge in [-0.25, -0.2) is 4.68 Å². The molecule has 2 aromatic rings. The van der Waals surface area contributed by atoms with Crippen LogP contribution in [0.1, 0.15) is 41.0 Å². The fourth-order valence-electron chi connectivity index (χ4n) is 2.56. The summed E-state index contributed by atoms with van der Waals surface area (Å²) in [5.41, 5.74) is 0.0302. The lowest BCUT2D eigenvalue weighted by molar-refractivity contribution is 0.301. The molecular weight excluding hydrogens is 288 g/mol. The molecule has 0 aliphatic heterocycles. The van der Waals surface area contributed by atoms with Crippen LogP contribution in [0.15, 0.2) is 18.5 Å². The molecule has 0 saturated heterocycles. The van der Waals surface area contributed by atoms with Crippen molar-refractivity contribution in [2.45, 2.75) is 46.6 Å². The Balaban J connectivity index is 2.25. The summed E-state index contributed by atoms with van der Waals surface area (Å²) in [5, 5.41) is 7.58. The number of nitrogens with zero attached hydrogens (tertiary/aromatic N) is 5. The van der Waals surface area contributed by atoms with Gasteiger partial charge in [0.25, 0.3) is 5.95 Å². The van der Waals surface area contributed by atoms with E-state index in [0.717, 1.165) is 6.42 Å². The van der Waals surface area contributed by atoms with Gasteiger partial charge < -0.3 is 5.32 Å². The molecule has 6 nitrogen and oxygen atoms in total. The van der Waals surface area contributed by atoms with Gasteiger partial charge in [0, 0.05) is 17.9 Å². The van der Waals surface area contributed by atoms with E-state index in [9.17, 15) is 0 Å². The Morgan fingerprint density at radius 3 is 2.43 bits per heavy atom. The first-order valence-electron chi connectivity index (χ1n) is 6.84. The van der Waals surface area contributed by atoms with Gasteiger partial charge in [-0.1, -0.05) is 20.8 Å². The van der Waals surface area contributed by atoms with Gasteiger partial charge in [0.05, 0.1) is 0 Å². The molecule has 2 heterocycles. The number of halogens is 1. The molecule has 7 heteroatoms. The lowest BCUT2D eigenvalue weighted by Gasteiger charge is -2.33. The Kier molecular flexibility index (Phi) is 4.18. The van der Waals surface area contributed by atoms with Crippen LogP contribution in [0.2, 0.25) is 5.28 Å². The summed E-state index contributed by atoms with van der Waals surface area (Å²) < 4.78 is 1.55. The number of hydrogen-bond acceptors (Lipinski definition) is 5. The van der Waals surface area contributed by atoms with Crippen LogP contribution in [0.4, 0.5) is 5.95 Å². The van der Waals surface area contributed by atoms with Crippen molar-refractivity contribution in [3.8, 4) is 5.95 Å². The standard InChI is InChI=1S/C14H21ClN6/c1-13(2,3)9-14(4,5)20-11-17-10(15)18-12(19-11)21-8-6-7-16-21/h6-8H,9H2,1-5H3,(H,17,18,19,20). The molecule has 0 aromatic carbocycles. The average molecular weight is 309 g/mol. The molecule has 0 aliphatic carbocycles. The predicted octanol–water partition coefficient (Wildman–Crippen LogP) is 3.34. The molecule has 0 fully saturated rings. The number of rotatable bonds is 4. The summed E-state index contributed by atoms with van der Waals surface area (Å²) in [6.45, 7) is 10.8. The highest BCUT2D eigenvalue weighted by Gasteiger charge is 2.26. The van der Waals surface area contributed by atoms with E-state index in [4.69, 9.17) is 11.6 Å². The predicted molar refractivity (Wildman–Crippen MR) is 83.7 cm³/mol. The molecule has 0 amide bonds. The smallest absolute Gasteiger partial charge is 0.256 e. The number of nitrogens with one attached hydrogen (secondary N) is 1. The van der Waals surface area contributed by atoms with Crippen molar-refractivity contribution in [2.24, 2.45) is 5.41 Å². The Bertz CT molecular complexity index is 600. The summed E-state index contributed by atoms with van der Waals surface area (Å²) in [5.74, 6) is 0.851.